The van der Waals surface area contributed by atoms with Crippen LogP contribution >= 0.6 is 11.6 Å². The number of nitrogens with zero attached hydrogens (tertiary/aromatic N) is 5. The molecule has 0 radical (unpaired) electrons. The number of hydrogen-bond donors (Lipinski definition) is 1. The molecule has 1 amide bonds. The van der Waals surface area contributed by atoms with Gasteiger partial charge in [0.05, 0.1) is 6.54 Å². The van der Waals surface area contributed by atoms with Crippen LogP contribution in [0.1, 0.15) is 18.7 Å². The molecule has 3 aromatic rings. The minimum Gasteiger partial charge on any atom is -0.352 e. The van der Waals surface area contributed by atoms with Crippen molar-refractivity contribution in [3.05, 3.63) is 66.0 Å². The number of imidazole rings is 1. The predicted molar refractivity (Wildman–Crippen MR) is 112 cm³/mol. The molecule has 1 saturated heterocycles. The molecule has 0 bridgehead atoms. The van der Waals surface area contributed by atoms with Crippen LogP contribution in [0.25, 0.3) is 0 Å². The predicted octanol–water partition coefficient (Wildman–Crippen LogP) is 2.86. The van der Waals surface area contributed by atoms with Crippen LogP contribution < -0.4 is 10.2 Å². The second-order valence-corrected chi connectivity index (χ2v) is 7.97. The first kappa shape index (κ1) is 19.0. The van der Waals surface area contributed by atoms with E-state index in [1.54, 1.807) is 48.9 Å². The smallest absolute Gasteiger partial charge is 0.255 e. The number of aromatic nitrogens is 4. The summed E-state index contributed by atoms with van der Waals surface area (Å²) in [5.74, 6) is 1.42. The second kappa shape index (κ2) is 7.70. The van der Waals surface area contributed by atoms with E-state index in [-0.39, 0.29) is 5.91 Å². The summed E-state index contributed by atoms with van der Waals surface area (Å²) >= 11 is 5.93. The Bertz CT molecular complexity index is 1030. The lowest BCUT2D eigenvalue weighted by molar-refractivity contribution is -0.162. The molecular weight excluding hydrogens is 404 g/mol. The van der Waals surface area contributed by atoms with Gasteiger partial charge < -0.3 is 19.5 Å². The highest BCUT2D eigenvalue weighted by Crippen LogP contribution is 2.40. The fraction of sp³-hybridized carbons (Fsp3) is 0.333. The molecule has 1 fully saturated rings. The van der Waals surface area contributed by atoms with E-state index < -0.39 is 11.7 Å². The molecule has 9 heteroatoms. The Hall–Kier alpha value is -2.97. The van der Waals surface area contributed by atoms with Crippen LogP contribution in [0.3, 0.4) is 0 Å². The van der Waals surface area contributed by atoms with Crippen molar-refractivity contribution in [2.75, 3.05) is 23.3 Å². The molecular formula is C21H21ClN6O2. The molecule has 0 saturated carbocycles. The Balaban J connectivity index is 1.34. The molecule has 154 valence electrons. The number of anilines is 2. The maximum atomic E-state index is 13.0. The molecule has 30 heavy (non-hydrogen) atoms. The van der Waals surface area contributed by atoms with Crippen LogP contribution in [0.15, 0.2) is 55.1 Å². The van der Waals surface area contributed by atoms with E-state index in [0.717, 1.165) is 18.9 Å². The zero-order valence-electron chi connectivity index (χ0n) is 16.2. The molecule has 2 aromatic heterocycles. The van der Waals surface area contributed by atoms with Crippen LogP contribution in [-0.4, -0.2) is 44.6 Å². The molecule has 4 heterocycles. The molecule has 1 unspecified atom stereocenters. The Kier molecular flexibility index (Phi) is 4.88. The number of fused-ring (bicyclic) bond motifs is 2. The lowest BCUT2D eigenvalue weighted by Crippen LogP contribution is -2.53. The van der Waals surface area contributed by atoms with E-state index in [2.05, 4.69) is 25.2 Å². The summed E-state index contributed by atoms with van der Waals surface area (Å²) in [5.41, 5.74) is 0.0872. The summed E-state index contributed by atoms with van der Waals surface area (Å²) in [6.07, 6.45) is 7.96. The molecule has 0 aliphatic carbocycles. The first-order chi connectivity index (χ1) is 14.6. The highest BCUT2D eigenvalue weighted by Gasteiger charge is 2.47. The summed E-state index contributed by atoms with van der Waals surface area (Å²) in [5, 5.41) is 3.55. The van der Waals surface area contributed by atoms with Gasteiger partial charge in [0.15, 0.2) is 6.10 Å². The van der Waals surface area contributed by atoms with Crippen LogP contribution in [0.4, 0.5) is 11.6 Å². The van der Waals surface area contributed by atoms with E-state index in [1.165, 1.54) is 0 Å². The third-order valence-corrected chi connectivity index (χ3v) is 5.92. The van der Waals surface area contributed by atoms with Crippen molar-refractivity contribution in [2.45, 2.75) is 31.1 Å². The van der Waals surface area contributed by atoms with Crippen LogP contribution in [0, 0.1) is 0 Å². The van der Waals surface area contributed by atoms with Gasteiger partial charge in [-0.05, 0) is 30.3 Å². The van der Waals surface area contributed by atoms with Crippen molar-refractivity contribution >= 4 is 29.1 Å². The van der Waals surface area contributed by atoms with E-state index in [9.17, 15) is 4.79 Å². The largest absolute Gasteiger partial charge is 0.352 e. The highest BCUT2D eigenvalue weighted by molar-refractivity contribution is 6.30. The quantitative estimate of drug-likeness (QED) is 0.695. The number of amides is 1. The lowest BCUT2D eigenvalue weighted by atomic mass is 9.88. The van der Waals surface area contributed by atoms with Crippen molar-refractivity contribution in [2.24, 2.45) is 0 Å². The van der Waals surface area contributed by atoms with Crippen LogP contribution in [0.2, 0.25) is 5.02 Å². The molecule has 2 aliphatic rings. The first-order valence-corrected chi connectivity index (χ1v) is 10.3. The molecule has 5 rings (SSSR count). The fourth-order valence-electron chi connectivity index (χ4n) is 4.15. The number of ether oxygens (including phenoxy) is 1. The zero-order valence-corrected chi connectivity index (χ0v) is 17.0. The maximum absolute atomic E-state index is 13.0. The summed E-state index contributed by atoms with van der Waals surface area (Å²) < 4.78 is 8.48. The van der Waals surface area contributed by atoms with E-state index in [0.29, 0.717) is 36.0 Å². The minimum absolute atomic E-state index is 0.176. The zero-order chi connectivity index (χ0) is 20.6. The van der Waals surface area contributed by atoms with E-state index in [4.69, 9.17) is 16.3 Å². The fourth-order valence-corrected chi connectivity index (χ4v) is 4.28. The van der Waals surface area contributed by atoms with Gasteiger partial charge in [-0.2, -0.15) is 0 Å². The summed E-state index contributed by atoms with van der Waals surface area (Å²) in [6, 6.07) is 8.85. The number of carbonyl (C=O) groups is 1. The van der Waals surface area contributed by atoms with Gasteiger partial charge in [0.1, 0.15) is 11.4 Å². The number of rotatable bonds is 3. The Morgan fingerprint density at radius 3 is 2.57 bits per heavy atom. The monoisotopic (exact) mass is 424 g/mol. The van der Waals surface area contributed by atoms with Gasteiger partial charge in [-0.15, -0.1) is 0 Å². The number of hydrogen-bond acceptors (Lipinski definition) is 6. The average molecular weight is 425 g/mol. The molecule has 1 atom stereocenters. The normalized spacial score (nSPS) is 20.0. The van der Waals surface area contributed by atoms with Crippen LogP contribution in [0.5, 0.6) is 0 Å². The average Bonchev–Trinajstić information content (AvgIpc) is 3.26. The van der Waals surface area contributed by atoms with E-state index >= 15 is 0 Å². The van der Waals surface area contributed by atoms with Gasteiger partial charge in [0.2, 0.25) is 5.95 Å². The van der Waals surface area contributed by atoms with Gasteiger partial charge in [0.25, 0.3) is 5.91 Å². The Morgan fingerprint density at radius 2 is 1.83 bits per heavy atom. The van der Waals surface area contributed by atoms with Gasteiger partial charge >= 0.3 is 0 Å². The maximum Gasteiger partial charge on any atom is 0.255 e. The van der Waals surface area contributed by atoms with Crippen molar-refractivity contribution < 1.29 is 9.53 Å². The highest BCUT2D eigenvalue weighted by atomic mass is 35.5. The standard InChI is InChI=1S/C21H21ClN6O2/c22-15-2-4-16(5-3-15)26-18(29)17-14-28-13-10-23-19(28)21(30-17)6-11-27(12-7-21)20-24-8-1-9-25-20/h1-5,8-10,13,17H,6-7,11-12,14H2,(H,26,29). The molecule has 8 nitrogen and oxygen atoms in total. The van der Waals surface area contributed by atoms with Gasteiger partial charge in [-0.25, -0.2) is 15.0 Å². The van der Waals surface area contributed by atoms with Crippen molar-refractivity contribution in [1.29, 1.82) is 0 Å². The topological polar surface area (TPSA) is 85.2 Å². The molecule has 1 N–H and O–H groups in total. The Morgan fingerprint density at radius 1 is 1.10 bits per heavy atom. The van der Waals surface area contributed by atoms with Crippen molar-refractivity contribution in [3.63, 3.8) is 0 Å². The molecule has 1 aromatic carbocycles. The van der Waals surface area contributed by atoms with E-state index in [1.807, 2.05) is 10.8 Å². The Labute approximate surface area is 178 Å². The van der Waals surface area contributed by atoms with Crippen LogP contribution in [-0.2, 0) is 21.7 Å². The number of piperidine rings is 1. The summed E-state index contributed by atoms with van der Waals surface area (Å²) in [6.45, 7) is 1.88. The number of carbonyl (C=O) groups excluding carboxylic acids is 1. The SMILES string of the molecule is O=C(Nc1ccc(Cl)cc1)C1Cn2ccnc2C2(CCN(c3ncccn3)CC2)O1. The van der Waals surface area contributed by atoms with Gasteiger partial charge in [-0.3, -0.25) is 4.79 Å². The lowest BCUT2D eigenvalue weighted by Gasteiger charge is -2.45. The van der Waals surface area contributed by atoms with Gasteiger partial charge in [0, 0.05) is 61.4 Å². The van der Waals surface area contributed by atoms with Gasteiger partial charge in [-0.1, -0.05) is 11.6 Å². The van der Waals surface area contributed by atoms with Crippen molar-refractivity contribution in [3.8, 4) is 0 Å². The number of halogens is 1. The third-order valence-electron chi connectivity index (χ3n) is 5.66. The summed E-state index contributed by atoms with van der Waals surface area (Å²) in [4.78, 5) is 28.4. The number of nitrogens with one attached hydrogen (secondary N) is 1. The summed E-state index contributed by atoms with van der Waals surface area (Å²) in [7, 11) is 0. The minimum atomic E-state index is -0.609. The number of benzene rings is 1. The third kappa shape index (κ3) is 3.53. The van der Waals surface area contributed by atoms with Crippen molar-refractivity contribution in [1.82, 2.24) is 19.5 Å². The molecule has 1 spiro atoms. The first-order valence-electron chi connectivity index (χ1n) is 9.91. The second-order valence-electron chi connectivity index (χ2n) is 7.54. The molecule has 2 aliphatic heterocycles.